The Morgan fingerprint density at radius 2 is 2.18 bits per heavy atom. The fraction of sp³-hybridized carbons (Fsp3) is 0.167. The standard InChI is InChI=1S/C12H11FN2OS/c1-7-3-4-9(10(13)5-7)11(16)15-12-14-8(2)6-17-12/h3-6H,1-2H3,(H,14,15,16). The van der Waals surface area contributed by atoms with Crippen molar-refractivity contribution in [2.45, 2.75) is 13.8 Å². The molecule has 0 aliphatic carbocycles. The van der Waals surface area contributed by atoms with Gasteiger partial charge >= 0.3 is 0 Å². The topological polar surface area (TPSA) is 42.0 Å². The zero-order valence-corrected chi connectivity index (χ0v) is 10.3. The van der Waals surface area contributed by atoms with Crippen LogP contribution in [0.1, 0.15) is 21.6 Å². The maximum atomic E-state index is 13.5. The van der Waals surface area contributed by atoms with Crippen molar-refractivity contribution in [2.75, 3.05) is 5.32 Å². The van der Waals surface area contributed by atoms with E-state index in [0.29, 0.717) is 5.13 Å². The van der Waals surface area contributed by atoms with Crippen LogP contribution in [0.5, 0.6) is 0 Å². The van der Waals surface area contributed by atoms with Crippen molar-refractivity contribution in [3.63, 3.8) is 0 Å². The van der Waals surface area contributed by atoms with Crippen molar-refractivity contribution in [2.24, 2.45) is 0 Å². The Morgan fingerprint density at radius 1 is 1.41 bits per heavy atom. The third kappa shape index (κ3) is 2.68. The highest BCUT2D eigenvalue weighted by Gasteiger charge is 2.12. The number of nitrogens with zero attached hydrogens (tertiary/aromatic N) is 1. The largest absolute Gasteiger partial charge is 0.298 e. The van der Waals surface area contributed by atoms with Crippen LogP contribution in [-0.4, -0.2) is 10.9 Å². The van der Waals surface area contributed by atoms with E-state index < -0.39 is 11.7 Å². The fourth-order valence-electron chi connectivity index (χ4n) is 1.38. The number of hydrogen-bond acceptors (Lipinski definition) is 3. The minimum atomic E-state index is -0.518. The van der Waals surface area contributed by atoms with Crippen LogP contribution in [0.4, 0.5) is 9.52 Å². The van der Waals surface area contributed by atoms with Gasteiger partial charge < -0.3 is 0 Å². The Labute approximate surface area is 102 Å². The van der Waals surface area contributed by atoms with Crippen molar-refractivity contribution >= 4 is 22.4 Å². The second-order valence-corrected chi connectivity index (χ2v) is 4.59. The van der Waals surface area contributed by atoms with E-state index in [2.05, 4.69) is 10.3 Å². The van der Waals surface area contributed by atoms with Crippen LogP contribution in [0, 0.1) is 19.7 Å². The molecule has 2 rings (SSSR count). The molecule has 1 N–H and O–H groups in total. The van der Waals surface area contributed by atoms with E-state index >= 15 is 0 Å². The summed E-state index contributed by atoms with van der Waals surface area (Å²) in [6.45, 7) is 3.60. The molecule has 0 radical (unpaired) electrons. The van der Waals surface area contributed by atoms with Gasteiger partial charge in [0.15, 0.2) is 5.13 Å². The van der Waals surface area contributed by atoms with E-state index in [-0.39, 0.29) is 5.56 Å². The molecule has 0 aliphatic rings. The Balaban J connectivity index is 2.20. The first-order valence-electron chi connectivity index (χ1n) is 5.06. The van der Waals surface area contributed by atoms with Crippen LogP contribution in [0.3, 0.4) is 0 Å². The normalized spacial score (nSPS) is 10.3. The van der Waals surface area contributed by atoms with Crippen LogP contribution in [-0.2, 0) is 0 Å². The van der Waals surface area contributed by atoms with Gasteiger partial charge in [-0.1, -0.05) is 6.07 Å². The lowest BCUT2D eigenvalue weighted by Gasteiger charge is -2.03. The minimum absolute atomic E-state index is 0.0310. The molecular formula is C12H11FN2OS. The molecule has 0 unspecified atom stereocenters. The molecule has 1 aromatic heterocycles. The zero-order chi connectivity index (χ0) is 12.4. The Hall–Kier alpha value is -1.75. The Kier molecular flexibility index (Phi) is 3.19. The van der Waals surface area contributed by atoms with Gasteiger partial charge in [0.2, 0.25) is 0 Å². The summed E-state index contributed by atoms with van der Waals surface area (Å²) in [5.41, 5.74) is 1.64. The number of halogens is 1. The summed E-state index contributed by atoms with van der Waals surface area (Å²) in [6, 6.07) is 4.51. The van der Waals surface area contributed by atoms with E-state index in [0.717, 1.165) is 11.3 Å². The van der Waals surface area contributed by atoms with Gasteiger partial charge in [-0.3, -0.25) is 10.1 Å². The number of carbonyl (C=O) groups excluding carboxylic acids is 1. The molecule has 0 saturated carbocycles. The summed E-state index contributed by atoms with van der Waals surface area (Å²) in [5.74, 6) is -0.993. The average molecular weight is 250 g/mol. The molecule has 0 spiro atoms. The molecule has 1 aromatic carbocycles. The second kappa shape index (κ2) is 4.63. The molecule has 88 valence electrons. The lowest BCUT2D eigenvalue weighted by Crippen LogP contribution is -2.13. The van der Waals surface area contributed by atoms with Crippen LogP contribution >= 0.6 is 11.3 Å². The number of carbonyl (C=O) groups is 1. The Morgan fingerprint density at radius 3 is 2.76 bits per heavy atom. The van der Waals surface area contributed by atoms with Gasteiger partial charge in [0.25, 0.3) is 5.91 Å². The maximum absolute atomic E-state index is 13.5. The Bertz CT molecular complexity index is 565. The molecule has 0 atom stereocenters. The summed E-state index contributed by atoms with van der Waals surface area (Å²) < 4.78 is 13.5. The van der Waals surface area contributed by atoms with Gasteiger partial charge in [-0.05, 0) is 31.5 Å². The molecule has 0 aliphatic heterocycles. The highest BCUT2D eigenvalue weighted by atomic mass is 32.1. The van der Waals surface area contributed by atoms with E-state index in [1.54, 1.807) is 13.0 Å². The zero-order valence-electron chi connectivity index (χ0n) is 9.45. The molecule has 1 amide bonds. The second-order valence-electron chi connectivity index (χ2n) is 3.73. The summed E-state index contributed by atoms with van der Waals surface area (Å²) in [4.78, 5) is 15.9. The first-order chi connectivity index (χ1) is 8.06. The van der Waals surface area contributed by atoms with Crippen molar-refractivity contribution in [1.29, 1.82) is 0 Å². The van der Waals surface area contributed by atoms with Crippen molar-refractivity contribution in [1.82, 2.24) is 4.98 Å². The summed E-state index contributed by atoms with van der Waals surface area (Å²) in [7, 11) is 0. The van der Waals surface area contributed by atoms with Gasteiger partial charge in [-0.25, -0.2) is 9.37 Å². The average Bonchev–Trinajstić information content (AvgIpc) is 2.63. The van der Waals surface area contributed by atoms with Crippen LogP contribution in [0.15, 0.2) is 23.6 Å². The smallest absolute Gasteiger partial charge is 0.260 e. The first-order valence-corrected chi connectivity index (χ1v) is 5.94. The van der Waals surface area contributed by atoms with Crippen molar-refractivity contribution in [3.8, 4) is 0 Å². The number of thiazole rings is 1. The number of aromatic nitrogens is 1. The third-order valence-corrected chi connectivity index (χ3v) is 3.08. The summed E-state index contributed by atoms with van der Waals surface area (Å²) in [5, 5.41) is 4.87. The van der Waals surface area contributed by atoms with E-state index in [1.807, 2.05) is 12.3 Å². The fourth-order valence-corrected chi connectivity index (χ4v) is 2.06. The van der Waals surface area contributed by atoms with Crippen LogP contribution in [0.25, 0.3) is 0 Å². The maximum Gasteiger partial charge on any atom is 0.260 e. The number of anilines is 1. The molecule has 0 saturated heterocycles. The molecule has 2 aromatic rings. The monoisotopic (exact) mass is 250 g/mol. The number of benzene rings is 1. The van der Waals surface area contributed by atoms with Gasteiger partial charge in [-0.2, -0.15) is 0 Å². The molecular weight excluding hydrogens is 239 g/mol. The number of nitrogens with one attached hydrogen (secondary N) is 1. The van der Waals surface area contributed by atoms with Crippen LogP contribution < -0.4 is 5.32 Å². The third-order valence-electron chi connectivity index (χ3n) is 2.21. The lowest BCUT2D eigenvalue weighted by atomic mass is 10.1. The highest BCUT2D eigenvalue weighted by molar-refractivity contribution is 7.13. The van der Waals surface area contributed by atoms with Gasteiger partial charge in [0.1, 0.15) is 5.82 Å². The number of amides is 1. The molecule has 3 nitrogen and oxygen atoms in total. The van der Waals surface area contributed by atoms with Crippen molar-refractivity contribution in [3.05, 3.63) is 46.2 Å². The SMILES string of the molecule is Cc1ccc(C(=O)Nc2nc(C)cs2)c(F)c1. The quantitative estimate of drug-likeness (QED) is 0.889. The number of aryl methyl sites for hydroxylation is 2. The van der Waals surface area contributed by atoms with Crippen molar-refractivity contribution < 1.29 is 9.18 Å². The van der Waals surface area contributed by atoms with Gasteiger partial charge in [-0.15, -0.1) is 11.3 Å². The molecule has 17 heavy (non-hydrogen) atoms. The van der Waals surface area contributed by atoms with Gasteiger partial charge in [0, 0.05) is 5.38 Å². The predicted octanol–water partition coefficient (Wildman–Crippen LogP) is 3.15. The lowest BCUT2D eigenvalue weighted by molar-refractivity contribution is 0.102. The summed E-state index contributed by atoms with van der Waals surface area (Å²) >= 11 is 1.32. The molecule has 0 fully saturated rings. The predicted molar refractivity (Wildman–Crippen MR) is 65.9 cm³/mol. The molecule has 0 bridgehead atoms. The van der Waals surface area contributed by atoms with Crippen LogP contribution in [0.2, 0.25) is 0 Å². The first kappa shape index (κ1) is 11.7. The van der Waals surface area contributed by atoms with Gasteiger partial charge in [0.05, 0.1) is 11.3 Å². The van der Waals surface area contributed by atoms with E-state index in [4.69, 9.17) is 0 Å². The van der Waals surface area contributed by atoms with E-state index in [1.165, 1.54) is 23.5 Å². The number of rotatable bonds is 2. The molecule has 1 heterocycles. The van der Waals surface area contributed by atoms with E-state index in [9.17, 15) is 9.18 Å². The minimum Gasteiger partial charge on any atom is -0.298 e. The highest BCUT2D eigenvalue weighted by Crippen LogP contribution is 2.17. The summed E-state index contributed by atoms with van der Waals surface area (Å²) in [6.07, 6.45) is 0. The molecule has 5 heteroatoms. The number of hydrogen-bond donors (Lipinski definition) is 1.